The van der Waals surface area contributed by atoms with Gasteiger partial charge in [0.25, 0.3) is 0 Å². The first-order valence-electron chi connectivity index (χ1n) is 7.89. The van der Waals surface area contributed by atoms with E-state index in [1.54, 1.807) is 0 Å². The molecule has 0 aliphatic heterocycles. The highest BCUT2D eigenvalue weighted by Gasteiger charge is 2.22. The van der Waals surface area contributed by atoms with E-state index in [0.717, 1.165) is 24.3 Å². The molecule has 0 radical (unpaired) electrons. The van der Waals surface area contributed by atoms with Gasteiger partial charge in [-0.15, -0.1) is 11.3 Å². The Kier molecular flexibility index (Phi) is 9.30. The lowest BCUT2D eigenvalue weighted by molar-refractivity contribution is -0.132. The molecular weight excluding hydrogens is 284 g/mol. The Bertz CT molecular complexity index is 382. The number of carbonyl (C=O) groups excluding carboxylic acids is 1. The fourth-order valence-corrected chi connectivity index (χ4v) is 3.01. The summed E-state index contributed by atoms with van der Waals surface area (Å²) in [7, 11) is 0. The summed E-state index contributed by atoms with van der Waals surface area (Å²) in [6.45, 7) is 3.62. The van der Waals surface area contributed by atoms with Crippen LogP contribution in [0, 0.1) is 0 Å². The monoisotopic (exact) mass is 312 g/mol. The number of hydrogen-bond acceptors (Lipinski definition) is 4. The van der Waals surface area contributed by atoms with Crippen molar-refractivity contribution in [3.8, 4) is 0 Å². The first-order valence-corrected chi connectivity index (χ1v) is 8.77. The van der Waals surface area contributed by atoms with Crippen molar-refractivity contribution in [2.75, 3.05) is 19.7 Å². The van der Waals surface area contributed by atoms with Gasteiger partial charge in [-0.2, -0.15) is 0 Å². The summed E-state index contributed by atoms with van der Waals surface area (Å²) in [4.78, 5) is 15.2. The van der Waals surface area contributed by atoms with Crippen molar-refractivity contribution in [3.05, 3.63) is 22.4 Å². The van der Waals surface area contributed by atoms with Gasteiger partial charge in [-0.05, 0) is 24.3 Å². The summed E-state index contributed by atoms with van der Waals surface area (Å²) in [5, 5.41) is 10.9. The first kappa shape index (κ1) is 18.1. The van der Waals surface area contributed by atoms with Crippen LogP contribution in [0.2, 0.25) is 0 Å². The zero-order chi connectivity index (χ0) is 15.5. The van der Waals surface area contributed by atoms with Gasteiger partial charge in [0.05, 0.1) is 0 Å². The van der Waals surface area contributed by atoms with Crippen LogP contribution in [0.1, 0.15) is 56.4 Å². The van der Waals surface area contributed by atoms with E-state index < -0.39 is 6.04 Å². The van der Waals surface area contributed by atoms with Gasteiger partial charge in [-0.3, -0.25) is 4.79 Å². The third-order valence-corrected chi connectivity index (χ3v) is 4.50. The van der Waals surface area contributed by atoms with Gasteiger partial charge in [-0.25, -0.2) is 0 Å². The van der Waals surface area contributed by atoms with Crippen LogP contribution in [0.25, 0.3) is 0 Å². The maximum Gasteiger partial charge on any atom is 0.244 e. The van der Waals surface area contributed by atoms with Crippen LogP contribution in [-0.2, 0) is 4.79 Å². The van der Waals surface area contributed by atoms with Crippen molar-refractivity contribution in [2.45, 2.75) is 51.5 Å². The molecule has 1 unspecified atom stereocenters. The van der Waals surface area contributed by atoms with Crippen molar-refractivity contribution in [1.82, 2.24) is 4.90 Å². The number of thiophene rings is 1. The van der Waals surface area contributed by atoms with Crippen molar-refractivity contribution in [1.29, 1.82) is 0 Å². The summed E-state index contributed by atoms with van der Waals surface area (Å²) in [6.07, 6.45) is 6.45. The van der Waals surface area contributed by atoms with Crippen molar-refractivity contribution >= 4 is 17.2 Å². The van der Waals surface area contributed by atoms with Gasteiger partial charge in [0.15, 0.2) is 0 Å². The Labute approximate surface area is 132 Å². The number of aliphatic hydroxyl groups is 1. The molecule has 5 heteroatoms. The topological polar surface area (TPSA) is 66.6 Å². The Morgan fingerprint density at radius 2 is 2.00 bits per heavy atom. The molecule has 0 fully saturated rings. The van der Waals surface area contributed by atoms with E-state index in [1.807, 2.05) is 22.4 Å². The van der Waals surface area contributed by atoms with Gasteiger partial charge in [0.2, 0.25) is 5.91 Å². The van der Waals surface area contributed by atoms with E-state index in [0.29, 0.717) is 13.0 Å². The van der Waals surface area contributed by atoms with Crippen LogP contribution >= 0.6 is 11.3 Å². The van der Waals surface area contributed by atoms with E-state index in [2.05, 4.69) is 6.92 Å². The van der Waals surface area contributed by atoms with Gasteiger partial charge in [0, 0.05) is 24.6 Å². The fraction of sp³-hybridized carbons (Fsp3) is 0.688. The molecule has 1 atom stereocenters. The molecule has 1 aromatic heterocycles. The third-order valence-electron chi connectivity index (χ3n) is 3.55. The van der Waals surface area contributed by atoms with Crippen molar-refractivity contribution in [2.24, 2.45) is 5.73 Å². The molecule has 4 nitrogen and oxygen atoms in total. The average Bonchev–Trinajstić information content (AvgIpc) is 3.03. The minimum absolute atomic E-state index is 0.0265. The number of unbranched alkanes of at least 4 members (excludes halogenated alkanes) is 4. The molecule has 1 amide bonds. The first-order chi connectivity index (χ1) is 10.2. The number of hydrogen-bond donors (Lipinski definition) is 2. The molecule has 3 N–H and O–H groups in total. The summed E-state index contributed by atoms with van der Waals surface area (Å²) in [6, 6.07) is 3.24. The fourth-order valence-electron chi connectivity index (χ4n) is 2.29. The van der Waals surface area contributed by atoms with E-state index >= 15 is 0 Å². The lowest BCUT2D eigenvalue weighted by Gasteiger charge is -2.25. The zero-order valence-corrected chi connectivity index (χ0v) is 13.8. The minimum Gasteiger partial charge on any atom is -0.396 e. The molecular formula is C16H28N2O2S. The van der Waals surface area contributed by atoms with Crippen molar-refractivity contribution < 1.29 is 9.90 Å². The molecule has 120 valence electrons. The molecule has 0 aliphatic rings. The smallest absolute Gasteiger partial charge is 0.244 e. The molecule has 0 saturated carbocycles. The number of nitrogens with two attached hydrogens (primary N) is 1. The van der Waals surface area contributed by atoms with Gasteiger partial charge >= 0.3 is 0 Å². The number of nitrogens with zero attached hydrogens (tertiary/aromatic N) is 1. The predicted molar refractivity (Wildman–Crippen MR) is 88.3 cm³/mol. The molecule has 0 spiro atoms. The summed E-state index contributed by atoms with van der Waals surface area (Å²) in [5.74, 6) is -0.0265. The molecule has 0 aromatic carbocycles. The van der Waals surface area contributed by atoms with Gasteiger partial charge < -0.3 is 15.7 Å². The number of aliphatic hydroxyl groups excluding tert-OH is 1. The second-order valence-electron chi connectivity index (χ2n) is 5.31. The van der Waals surface area contributed by atoms with E-state index in [4.69, 9.17) is 10.8 Å². The molecule has 0 saturated heterocycles. The van der Waals surface area contributed by atoms with Crippen molar-refractivity contribution in [3.63, 3.8) is 0 Å². The highest BCUT2D eigenvalue weighted by Crippen LogP contribution is 2.19. The maximum atomic E-state index is 12.5. The van der Waals surface area contributed by atoms with Crippen LogP contribution in [0.15, 0.2) is 17.5 Å². The van der Waals surface area contributed by atoms with E-state index in [-0.39, 0.29) is 12.5 Å². The number of amides is 1. The van der Waals surface area contributed by atoms with Crippen LogP contribution in [0.5, 0.6) is 0 Å². The van der Waals surface area contributed by atoms with Gasteiger partial charge in [-0.1, -0.05) is 38.7 Å². The second kappa shape index (κ2) is 10.8. The normalized spacial score (nSPS) is 12.3. The maximum absolute atomic E-state index is 12.5. The molecule has 1 heterocycles. The Morgan fingerprint density at radius 3 is 2.62 bits per heavy atom. The number of carbonyl (C=O) groups is 1. The highest BCUT2D eigenvalue weighted by molar-refractivity contribution is 7.10. The molecule has 0 bridgehead atoms. The van der Waals surface area contributed by atoms with Crippen LogP contribution < -0.4 is 5.73 Å². The van der Waals surface area contributed by atoms with Crippen LogP contribution in [0.4, 0.5) is 0 Å². The Balaban J connectivity index is 2.48. The highest BCUT2D eigenvalue weighted by atomic mass is 32.1. The van der Waals surface area contributed by atoms with E-state index in [1.165, 1.54) is 30.6 Å². The number of rotatable bonds is 11. The standard InChI is InChI=1S/C16H28N2O2S/c1-2-3-4-5-6-10-18(11-8-12-19)16(20)15(17)14-9-7-13-21-14/h7,9,13,15,19H,2-6,8,10-12,17H2,1H3. The molecule has 21 heavy (non-hydrogen) atoms. The third kappa shape index (κ3) is 6.59. The summed E-state index contributed by atoms with van der Waals surface area (Å²) >= 11 is 1.51. The molecule has 1 rings (SSSR count). The van der Waals surface area contributed by atoms with Crippen LogP contribution in [-0.4, -0.2) is 35.6 Å². The van der Waals surface area contributed by atoms with E-state index in [9.17, 15) is 4.79 Å². The average molecular weight is 312 g/mol. The largest absolute Gasteiger partial charge is 0.396 e. The molecule has 1 aromatic rings. The van der Waals surface area contributed by atoms with Crippen LogP contribution in [0.3, 0.4) is 0 Å². The summed E-state index contributed by atoms with van der Waals surface area (Å²) in [5.41, 5.74) is 6.06. The Hall–Kier alpha value is -0.910. The molecule has 0 aliphatic carbocycles. The predicted octanol–water partition coefficient (Wildman–Crippen LogP) is 2.93. The SMILES string of the molecule is CCCCCCCN(CCCO)C(=O)C(N)c1cccs1. The lowest BCUT2D eigenvalue weighted by Crippen LogP contribution is -2.39. The lowest BCUT2D eigenvalue weighted by atomic mass is 10.1. The quantitative estimate of drug-likeness (QED) is 0.617. The Morgan fingerprint density at radius 1 is 1.29 bits per heavy atom. The zero-order valence-electron chi connectivity index (χ0n) is 13.0. The minimum atomic E-state index is -0.570. The second-order valence-corrected chi connectivity index (χ2v) is 6.29. The summed E-state index contributed by atoms with van der Waals surface area (Å²) < 4.78 is 0. The van der Waals surface area contributed by atoms with Gasteiger partial charge in [0.1, 0.15) is 6.04 Å².